The average molecular weight is 1090 g/mol. The molecule has 1 amide bonds. The summed E-state index contributed by atoms with van der Waals surface area (Å²) >= 11 is 0. The van der Waals surface area contributed by atoms with E-state index in [-0.39, 0.29) is 46.2 Å². The maximum atomic E-state index is 13.6. The van der Waals surface area contributed by atoms with Crippen molar-refractivity contribution in [2.45, 2.75) is 139 Å². The first kappa shape index (κ1) is 57.6. The lowest BCUT2D eigenvalue weighted by Gasteiger charge is -2.51. The Bertz CT molecular complexity index is 2700. The predicted molar refractivity (Wildman–Crippen MR) is 288 cm³/mol. The fourth-order valence-corrected chi connectivity index (χ4v) is 9.83. The normalized spacial score (nSPS) is 28.9. The van der Waals surface area contributed by atoms with E-state index in [0.717, 1.165) is 27.8 Å². The number of amides is 1. The van der Waals surface area contributed by atoms with Crippen LogP contribution in [-0.4, -0.2) is 134 Å². The number of carbonyl (C=O) groups excluding carboxylic acids is 1. The van der Waals surface area contributed by atoms with Gasteiger partial charge in [0.25, 0.3) is 0 Å². The molecule has 0 radical (unpaired) electrons. The number of benzene rings is 6. The first-order valence-electron chi connectivity index (χ1n) is 26.7. The van der Waals surface area contributed by atoms with Gasteiger partial charge in [0.2, 0.25) is 12.2 Å². The van der Waals surface area contributed by atoms with Crippen molar-refractivity contribution in [3.8, 4) is 11.5 Å². The van der Waals surface area contributed by atoms with Crippen molar-refractivity contribution in [3.63, 3.8) is 0 Å². The Morgan fingerprint density at radius 2 is 0.886 bits per heavy atom. The largest absolute Gasteiger partial charge is 0.497 e. The highest BCUT2D eigenvalue weighted by molar-refractivity contribution is 5.73. The van der Waals surface area contributed by atoms with Gasteiger partial charge in [0.05, 0.1) is 59.5 Å². The minimum atomic E-state index is -1.80. The van der Waals surface area contributed by atoms with Crippen molar-refractivity contribution >= 4 is 5.91 Å². The second-order valence-corrected chi connectivity index (χ2v) is 19.8. The molecule has 0 saturated carbocycles. The zero-order chi connectivity index (χ0) is 54.9. The summed E-state index contributed by atoms with van der Waals surface area (Å²) < 4.78 is 79.6. The molecule has 0 spiro atoms. The monoisotopic (exact) mass is 1090 g/mol. The van der Waals surface area contributed by atoms with Gasteiger partial charge in [-0.15, -0.1) is 0 Å². The standard InChI is InChI=1S/C62H71NO16/c1-40-55(71-35-44-23-13-6-14-24-44)58(72-36-45-25-15-7-16-26-45)59(73-37-46-27-17-8-18-28-46)62(74-40)79-57-51(63-41(2)64)60(75-48-31-29-47(68-3)30-32-48)77-50(39-70-34-43-21-11-5-12-22-43)56(57)78-61-54(67)53(66)52(65)49(76-61)38-69-33-42-19-9-4-10-20-42/h4-32,40,49-62,65-67H,33-39H2,1-3H3,(H,63,64)/t40-,49+,50+,51+,52-,53-,54+,55+,56+,57+,58+,59-,60+,61-,62-/m0/s1. The van der Waals surface area contributed by atoms with Gasteiger partial charge >= 0.3 is 0 Å². The minimum absolute atomic E-state index is 0.109. The van der Waals surface area contributed by atoms with Crippen LogP contribution in [0, 0.1) is 0 Å². The van der Waals surface area contributed by atoms with Crippen molar-refractivity contribution in [3.05, 3.63) is 204 Å². The lowest BCUT2D eigenvalue weighted by molar-refractivity contribution is -0.375. The summed E-state index contributed by atoms with van der Waals surface area (Å²) in [5.41, 5.74) is 4.46. The van der Waals surface area contributed by atoms with E-state index in [1.54, 1.807) is 31.4 Å². The van der Waals surface area contributed by atoms with Crippen molar-refractivity contribution in [2.75, 3.05) is 20.3 Å². The highest BCUT2D eigenvalue weighted by Crippen LogP contribution is 2.37. The van der Waals surface area contributed by atoms with E-state index in [0.29, 0.717) is 11.5 Å². The number of rotatable bonds is 25. The molecule has 15 atom stereocenters. The second kappa shape index (κ2) is 28.8. The summed E-state index contributed by atoms with van der Waals surface area (Å²) in [5.74, 6) is 0.475. The highest BCUT2D eigenvalue weighted by atomic mass is 16.8. The maximum absolute atomic E-state index is 13.6. The summed E-state index contributed by atoms with van der Waals surface area (Å²) in [4.78, 5) is 13.6. The third kappa shape index (κ3) is 15.8. The predicted octanol–water partition coefficient (Wildman–Crippen LogP) is 6.82. The Morgan fingerprint density at radius 3 is 1.38 bits per heavy atom. The Morgan fingerprint density at radius 1 is 0.456 bits per heavy atom. The van der Waals surface area contributed by atoms with Gasteiger partial charge in [-0.05, 0) is 59.0 Å². The highest BCUT2D eigenvalue weighted by Gasteiger charge is 2.56. The minimum Gasteiger partial charge on any atom is -0.497 e. The number of methoxy groups -OCH3 is 1. The number of aliphatic hydroxyl groups excluding tert-OH is 3. The molecule has 9 rings (SSSR count). The van der Waals surface area contributed by atoms with Gasteiger partial charge in [0.15, 0.2) is 12.6 Å². The van der Waals surface area contributed by atoms with Crippen LogP contribution in [0.3, 0.4) is 0 Å². The summed E-state index contributed by atoms with van der Waals surface area (Å²) in [6.07, 6.45) is -17.6. The molecule has 3 fully saturated rings. The molecule has 0 bridgehead atoms. The van der Waals surface area contributed by atoms with Crippen molar-refractivity contribution < 1.29 is 77.0 Å². The fourth-order valence-electron chi connectivity index (χ4n) is 9.83. The Labute approximate surface area is 461 Å². The molecule has 3 heterocycles. The topological polar surface area (TPSA) is 201 Å². The van der Waals surface area contributed by atoms with Crippen LogP contribution in [0.1, 0.15) is 41.7 Å². The van der Waals surface area contributed by atoms with Crippen LogP contribution in [0.4, 0.5) is 0 Å². The fraction of sp³-hybridized carbons (Fsp3) is 0.403. The van der Waals surface area contributed by atoms with Gasteiger partial charge in [0.1, 0.15) is 78.6 Å². The van der Waals surface area contributed by atoms with Crippen LogP contribution < -0.4 is 14.8 Å². The molecule has 17 nitrogen and oxygen atoms in total. The molecule has 17 heteroatoms. The number of hydrogen-bond acceptors (Lipinski definition) is 16. The molecule has 0 aromatic heterocycles. The van der Waals surface area contributed by atoms with Crippen LogP contribution in [0.5, 0.6) is 11.5 Å². The van der Waals surface area contributed by atoms with Crippen molar-refractivity contribution in [1.82, 2.24) is 5.32 Å². The molecule has 3 saturated heterocycles. The molecular weight excluding hydrogens is 1010 g/mol. The Kier molecular flexibility index (Phi) is 21.0. The third-order valence-corrected chi connectivity index (χ3v) is 13.9. The van der Waals surface area contributed by atoms with E-state index in [9.17, 15) is 20.1 Å². The number of aliphatic hydroxyl groups is 3. The molecule has 420 valence electrons. The van der Waals surface area contributed by atoms with Crippen LogP contribution in [0.2, 0.25) is 0 Å². The molecular formula is C62H71NO16. The molecule has 3 aliphatic rings. The quantitative estimate of drug-likeness (QED) is 0.0465. The van der Waals surface area contributed by atoms with Gasteiger partial charge in [-0.1, -0.05) is 152 Å². The zero-order valence-corrected chi connectivity index (χ0v) is 44.5. The molecule has 0 unspecified atom stereocenters. The number of nitrogens with one attached hydrogen (secondary N) is 1. The smallest absolute Gasteiger partial charge is 0.223 e. The molecule has 6 aromatic carbocycles. The molecule has 6 aromatic rings. The molecule has 4 N–H and O–H groups in total. The maximum Gasteiger partial charge on any atom is 0.223 e. The summed E-state index contributed by atoms with van der Waals surface area (Å²) in [7, 11) is 1.56. The van der Waals surface area contributed by atoms with E-state index < -0.39 is 98.0 Å². The van der Waals surface area contributed by atoms with Crippen molar-refractivity contribution in [2.24, 2.45) is 0 Å². The number of carbonyl (C=O) groups is 1. The first-order valence-corrected chi connectivity index (χ1v) is 26.7. The molecule has 0 aliphatic carbocycles. The lowest BCUT2D eigenvalue weighted by Crippen LogP contribution is -2.70. The van der Waals surface area contributed by atoms with Crippen LogP contribution in [0.25, 0.3) is 0 Å². The van der Waals surface area contributed by atoms with E-state index in [1.807, 2.05) is 159 Å². The van der Waals surface area contributed by atoms with Gasteiger partial charge in [-0.3, -0.25) is 4.79 Å². The SMILES string of the molecule is COc1ccc(O[C@@H]2O[C@H](COCc3ccccc3)[C@@H](O[C@@H]3O[C@H](COCc4ccccc4)[C@H](O)[C@H](O)[C@H]3O)[C@H](O[C@@H]3O[C@@H](C)[C@@H](OCc4ccccc4)[C@@H](OCc4ccccc4)[C@@H]3OCc3ccccc3)[C@H]2NC(C)=O)cc1. The van der Waals surface area contributed by atoms with Gasteiger partial charge in [-0.2, -0.15) is 0 Å². The average Bonchev–Trinajstić information content (AvgIpc) is 3.54. The van der Waals surface area contributed by atoms with Gasteiger partial charge in [-0.25, -0.2) is 0 Å². The van der Waals surface area contributed by atoms with E-state index >= 15 is 0 Å². The first-order chi connectivity index (χ1) is 38.6. The Balaban J connectivity index is 1.11. The summed E-state index contributed by atoms with van der Waals surface area (Å²) in [6, 6.07) is 53.9. The van der Waals surface area contributed by atoms with Crippen molar-refractivity contribution in [1.29, 1.82) is 0 Å². The number of hydrogen-bond donors (Lipinski definition) is 4. The van der Waals surface area contributed by atoms with Gasteiger partial charge < -0.3 is 77.5 Å². The zero-order valence-electron chi connectivity index (χ0n) is 44.5. The summed E-state index contributed by atoms with van der Waals surface area (Å²) in [5, 5.41) is 37.6. The van der Waals surface area contributed by atoms with E-state index in [1.165, 1.54) is 6.92 Å². The third-order valence-electron chi connectivity index (χ3n) is 13.9. The molecule has 3 aliphatic heterocycles. The molecule has 79 heavy (non-hydrogen) atoms. The summed E-state index contributed by atoms with van der Waals surface area (Å²) in [6.45, 7) is 3.76. The van der Waals surface area contributed by atoms with Crippen LogP contribution in [-0.2, 0) is 85.2 Å². The Hall–Kier alpha value is -6.13. The number of ether oxygens (including phenoxy) is 12. The van der Waals surface area contributed by atoms with Crippen LogP contribution in [0.15, 0.2) is 176 Å². The lowest BCUT2D eigenvalue weighted by atomic mass is 9.94. The second-order valence-electron chi connectivity index (χ2n) is 19.8. The van der Waals surface area contributed by atoms with Crippen LogP contribution >= 0.6 is 0 Å². The van der Waals surface area contributed by atoms with Gasteiger partial charge in [0, 0.05) is 6.92 Å². The van der Waals surface area contributed by atoms with E-state index in [2.05, 4.69) is 5.32 Å². The van der Waals surface area contributed by atoms with E-state index in [4.69, 9.17) is 56.8 Å².